The van der Waals surface area contributed by atoms with Gasteiger partial charge in [-0.15, -0.1) is 0 Å². The molecule has 1 aliphatic carbocycles. The van der Waals surface area contributed by atoms with E-state index in [9.17, 15) is 18.0 Å². The van der Waals surface area contributed by atoms with Crippen LogP contribution in [0.2, 0.25) is 0 Å². The lowest BCUT2D eigenvalue weighted by molar-refractivity contribution is -0.137. The molecule has 1 aliphatic rings. The zero-order valence-corrected chi connectivity index (χ0v) is 15.7. The van der Waals surface area contributed by atoms with Crippen LogP contribution >= 0.6 is 0 Å². The van der Waals surface area contributed by atoms with Crippen molar-refractivity contribution in [1.29, 1.82) is 0 Å². The molecule has 0 atom stereocenters. The summed E-state index contributed by atoms with van der Waals surface area (Å²) in [5, 5.41) is 0.265. The van der Waals surface area contributed by atoms with Gasteiger partial charge in [0.05, 0.1) is 30.7 Å². The van der Waals surface area contributed by atoms with Crippen LogP contribution in [0.1, 0.15) is 23.1 Å². The summed E-state index contributed by atoms with van der Waals surface area (Å²) in [7, 11) is 3.05. The second-order valence-corrected chi connectivity index (χ2v) is 6.65. The van der Waals surface area contributed by atoms with Gasteiger partial charge in [-0.2, -0.15) is 13.2 Å². The van der Waals surface area contributed by atoms with Crippen molar-refractivity contribution < 1.29 is 27.1 Å². The van der Waals surface area contributed by atoms with E-state index in [1.54, 1.807) is 19.2 Å². The molecule has 150 valence electrons. The molecule has 29 heavy (non-hydrogen) atoms. The van der Waals surface area contributed by atoms with Crippen LogP contribution in [0.4, 0.5) is 13.2 Å². The zero-order valence-electron chi connectivity index (χ0n) is 15.7. The Morgan fingerprint density at radius 3 is 2.38 bits per heavy atom. The largest absolute Gasteiger partial charge is 0.497 e. The van der Waals surface area contributed by atoms with E-state index < -0.39 is 17.2 Å². The lowest BCUT2D eigenvalue weighted by Crippen LogP contribution is -2.15. The molecule has 0 radical (unpaired) electrons. The molecule has 3 aromatic rings. The van der Waals surface area contributed by atoms with Crippen molar-refractivity contribution in [1.82, 2.24) is 0 Å². The molecule has 4 rings (SSSR count). The molecule has 4 nitrogen and oxygen atoms in total. The molecule has 0 bridgehead atoms. The highest BCUT2D eigenvalue weighted by Gasteiger charge is 2.34. The number of rotatable bonds is 3. The van der Waals surface area contributed by atoms with Crippen LogP contribution in [0.3, 0.4) is 0 Å². The third kappa shape index (κ3) is 3.06. The molecule has 7 heteroatoms. The predicted octanol–water partition coefficient (Wildman–Crippen LogP) is 5.39. The zero-order chi connectivity index (χ0) is 20.8. The summed E-state index contributed by atoms with van der Waals surface area (Å²) < 4.78 is 56.8. The maximum absolute atomic E-state index is 13.5. The number of aryl methyl sites for hydroxylation is 1. The third-order valence-electron chi connectivity index (χ3n) is 5.12. The van der Waals surface area contributed by atoms with Gasteiger partial charge < -0.3 is 13.9 Å². The van der Waals surface area contributed by atoms with Crippen molar-refractivity contribution in [3.05, 3.63) is 75.3 Å². The first-order chi connectivity index (χ1) is 13.9. The number of allylic oxidation sites excluding steroid dienone is 1. The van der Waals surface area contributed by atoms with Gasteiger partial charge in [-0.05, 0) is 30.2 Å². The minimum atomic E-state index is -4.59. The standard InChI is InChI=1S/C22H17F3O4/c1-27-18-10-7-13-14(21(18)28-2)8-9-17-19(13)20(26)15(11-29-17)12-5-3-4-6-16(12)22(23,24)25/h3-6,8-9,11H,7,10H2,1-2H3. The van der Waals surface area contributed by atoms with Gasteiger partial charge in [-0.1, -0.05) is 18.2 Å². The van der Waals surface area contributed by atoms with Crippen molar-refractivity contribution in [2.75, 3.05) is 14.2 Å². The van der Waals surface area contributed by atoms with Gasteiger partial charge >= 0.3 is 6.18 Å². The van der Waals surface area contributed by atoms with E-state index in [0.717, 1.165) is 12.3 Å². The summed E-state index contributed by atoms with van der Waals surface area (Å²) in [5.41, 5.74) is -0.0367. The van der Waals surface area contributed by atoms with Crippen LogP contribution in [0.25, 0.3) is 27.9 Å². The molecule has 1 heterocycles. The van der Waals surface area contributed by atoms with Crippen LogP contribution in [-0.4, -0.2) is 14.2 Å². The predicted molar refractivity (Wildman–Crippen MR) is 102 cm³/mol. The van der Waals surface area contributed by atoms with E-state index in [2.05, 4.69) is 0 Å². The summed E-state index contributed by atoms with van der Waals surface area (Å²) in [6.45, 7) is 0. The summed E-state index contributed by atoms with van der Waals surface area (Å²) >= 11 is 0. The number of benzene rings is 2. The highest BCUT2D eigenvalue weighted by Crippen LogP contribution is 2.38. The molecule has 0 saturated heterocycles. The quantitative estimate of drug-likeness (QED) is 0.590. The van der Waals surface area contributed by atoms with Crippen molar-refractivity contribution in [3.63, 3.8) is 0 Å². The molecular formula is C22H17F3O4. The van der Waals surface area contributed by atoms with E-state index in [1.807, 2.05) is 0 Å². The van der Waals surface area contributed by atoms with Crippen LogP contribution < -0.4 is 5.43 Å². The van der Waals surface area contributed by atoms with Crippen LogP contribution in [-0.2, 0) is 22.1 Å². The average molecular weight is 402 g/mol. The molecule has 0 N–H and O–H groups in total. The van der Waals surface area contributed by atoms with E-state index in [0.29, 0.717) is 41.1 Å². The lowest BCUT2D eigenvalue weighted by atomic mass is 9.90. The van der Waals surface area contributed by atoms with Crippen molar-refractivity contribution in [2.24, 2.45) is 0 Å². The fourth-order valence-corrected chi connectivity index (χ4v) is 3.83. The van der Waals surface area contributed by atoms with Crippen LogP contribution in [0.15, 0.2) is 57.6 Å². The molecule has 1 aromatic heterocycles. The molecular weight excluding hydrogens is 385 g/mol. The summed E-state index contributed by atoms with van der Waals surface area (Å²) in [6.07, 6.45) is -2.50. The number of ether oxygens (including phenoxy) is 2. The number of methoxy groups -OCH3 is 2. The van der Waals surface area contributed by atoms with Gasteiger partial charge in [0.1, 0.15) is 17.6 Å². The lowest BCUT2D eigenvalue weighted by Gasteiger charge is -2.22. The Labute approximate surface area is 164 Å². The smallest absolute Gasteiger partial charge is 0.417 e. The van der Waals surface area contributed by atoms with Gasteiger partial charge in [-0.25, -0.2) is 0 Å². The fourth-order valence-electron chi connectivity index (χ4n) is 3.83. The van der Waals surface area contributed by atoms with Crippen LogP contribution in [0, 0.1) is 0 Å². The van der Waals surface area contributed by atoms with Crippen LogP contribution in [0.5, 0.6) is 0 Å². The minimum Gasteiger partial charge on any atom is -0.497 e. The van der Waals surface area contributed by atoms with E-state index in [1.165, 1.54) is 25.3 Å². The monoisotopic (exact) mass is 402 g/mol. The number of alkyl halides is 3. The van der Waals surface area contributed by atoms with E-state index in [-0.39, 0.29) is 16.5 Å². The Kier molecular flexibility index (Phi) is 4.61. The maximum atomic E-state index is 13.5. The van der Waals surface area contributed by atoms with Gasteiger partial charge in [0.2, 0.25) is 5.43 Å². The van der Waals surface area contributed by atoms with Gasteiger partial charge in [0.15, 0.2) is 5.76 Å². The Balaban J connectivity index is 2.02. The summed E-state index contributed by atoms with van der Waals surface area (Å²) in [4.78, 5) is 13.3. The molecule has 0 saturated carbocycles. The van der Waals surface area contributed by atoms with Crippen molar-refractivity contribution in [3.8, 4) is 11.1 Å². The molecule has 0 aliphatic heterocycles. The topological polar surface area (TPSA) is 48.7 Å². The van der Waals surface area contributed by atoms with E-state index in [4.69, 9.17) is 13.9 Å². The van der Waals surface area contributed by atoms with Crippen molar-refractivity contribution >= 4 is 16.7 Å². The maximum Gasteiger partial charge on any atom is 0.417 e. The number of halogens is 3. The molecule has 0 amide bonds. The number of fused-ring (bicyclic) bond motifs is 3. The van der Waals surface area contributed by atoms with E-state index >= 15 is 0 Å². The normalized spacial score (nSPS) is 14.1. The first-order valence-electron chi connectivity index (χ1n) is 8.92. The Bertz CT molecular complexity index is 1190. The Morgan fingerprint density at radius 1 is 0.931 bits per heavy atom. The molecule has 0 spiro atoms. The minimum absolute atomic E-state index is 0.126. The SMILES string of the molecule is COC1=C(OC)c2ccc3occ(-c4ccccc4C(F)(F)F)c(=O)c3c2CC1. The van der Waals surface area contributed by atoms with Gasteiger partial charge in [0, 0.05) is 17.5 Å². The average Bonchev–Trinajstić information content (AvgIpc) is 2.72. The Morgan fingerprint density at radius 2 is 1.69 bits per heavy atom. The highest BCUT2D eigenvalue weighted by molar-refractivity contribution is 5.90. The summed E-state index contributed by atoms with van der Waals surface area (Å²) in [5.74, 6) is 1.17. The second-order valence-electron chi connectivity index (χ2n) is 6.65. The Hall–Kier alpha value is -3.22. The summed E-state index contributed by atoms with van der Waals surface area (Å²) in [6, 6.07) is 8.37. The molecule has 0 unspecified atom stereocenters. The molecule has 0 fully saturated rings. The fraction of sp³-hybridized carbons (Fsp3) is 0.227. The number of hydrogen-bond acceptors (Lipinski definition) is 4. The first-order valence-corrected chi connectivity index (χ1v) is 8.92. The number of hydrogen-bond donors (Lipinski definition) is 0. The van der Waals surface area contributed by atoms with Crippen molar-refractivity contribution in [2.45, 2.75) is 19.0 Å². The van der Waals surface area contributed by atoms with Gasteiger partial charge in [0.25, 0.3) is 0 Å². The second kappa shape index (κ2) is 6.99. The first kappa shape index (κ1) is 19.1. The highest BCUT2D eigenvalue weighted by atomic mass is 19.4. The van der Waals surface area contributed by atoms with Gasteiger partial charge in [-0.3, -0.25) is 4.79 Å². The molecule has 2 aromatic carbocycles. The third-order valence-corrected chi connectivity index (χ3v) is 5.12.